The first kappa shape index (κ1) is 8.68. The molecule has 10 heavy (non-hydrogen) atoms. The lowest BCUT2D eigenvalue weighted by Gasteiger charge is -2.00. The minimum absolute atomic E-state index is 0.500. The summed E-state index contributed by atoms with van der Waals surface area (Å²) in [6, 6.07) is 0. The second kappa shape index (κ2) is 4.55. The predicted molar refractivity (Wildman–Crippen MR) is 39.0 cm³/mol. The van der Waals surface area contributed by atoms with Gasteiger partial charge in [-0.25, -0.2) is 0 Å². The van der Waals surface area contributed by atoms with Gasteiger partial charge in [-0.3, -0.25) is 10.1 Å². The van der Waals surface area contributed by atoms with Crippen molar-refractivity contribution in [2.24, 2.45) is 0 Å². The smallest absolute Gasteiger partial charge is 0.234 e. The zero-order chi connectivity index (χ0) is 7.98. The van der Waals surface area contributed by atoms with Gasteiger partial charge in [0.05, 0.1) is 4.92 Å². The molecule has 4 nitrogen and oxygen atoms in total. The Morgan fingerprint density at radius 2 is 2.00 bits per heavy atom. The summed E-state index contributed by atoms with van der Waals surface area (Å²) in [5.41, 5.74) is 0. The van der Waals surface area contributed by atoms with Crippen molar-refractivity contribution in [3.63, 3.8) is 0 Å². The van der Waals surface area contributed by atoms with Crippen molar-refractivity contribution < 1.29 is 4.92 Å². The molecular formula is C6H10N2O2. The molecule has 0 radical (unpaired) electrons. The van der Waals surface area contributed by atoms with Crippen molar-refractivity contribution in [2.75, 3.05) is 14.1 Å². The Morgan fingerprint density at radius 1 is 1.40 bits per heavy atom. The Hall–Kier alpha value is -1.32. The average Bonchev–Trinajstić information content (AvgIpc) is 1.79. The lowest BCUT2D eigenvalue weighted by Crippen LogP contribution is -1.99. The highest BCUT2D eigenvalue weighted by Crippen LogP contribution is 1.80. The molecule has 56 valence electrons. The summed E-state index contributed by atoms with van der Waals surface area (Å²) in [5, 5.41) is 9.72. The Bertz CT molecular complexity index is 161. The molecule has 4 heteroatoms. The summed E-state index contributed by atoms with van der Waals surface area (Å²) in [6.45, 7) is 0. The summed E-state index contributed by atoms with van der Waals surface area (Å²) < 4.78 is 0. The van der Waals surface area contributed by atoms with E-state index >= 15 is 0 Å². The lowest BCUT2D eigenvalue weighted by molar-refractivity contribution is -0.402. The highest BCUT2D eigenvalue weighted by Gasteiger charge is 1.78. The third-order valence-corrected chi connectivity index (χ3v) is 0.703. The molecule has 0 aromatic heterocycles. The van der Waals surface area contributed by atoms with Crippen LogP contribution in [0.4, 0.5) is 0 Å². The fourth-order valence-corrected chi connectivity index (χ4v) is 0.342. The van der Waals surface area contributed by atoms with E-state index in [1.165, 1.54) is 6.08 Å². The van der Waals surface area contributed by atoms with Gasteiger partial charge in [0.25, 0.3) is 0 Å². The monoisotopic (exact) mass is 142 g/mol. The molecule has 0 aromatic rings. The van der Waals surface area contributed by atoms with E-state index in [4.69, 9.17) is 0 Å². The third kappa shape index (κ3) is 6.68. The van der Waals surface area contributed by atoms with Crippen LogP contribution in [-0.2, 0) is 0 Å². The Balaban J connectivity index is 3.62. The molecule has 0 rings (SSSR count). The van der Waals surface area contributed by atoms with Crippen LogP contribution in [0.15, 0.2) is 24.6 Å². The molecule has 0 heterocycles. The zero-order valence-electron chi connectivity index (χ0n) is 6.02. The number of nitro groups is 1. The summed E-state index contributed by atoms with van der Waals surface area (Å²) in [5.74, 6) is 0. The first-order valence-electron chi connectivity index (χ1n) is 2.78. The maximum absolute atomic E-state index is 9.72. The van der Waals surface area contributed by atoms with Crippen LogP contribution >= 0.6 is 0 Å². The van der Waals surface area contributed by atoms with Gasteiger partial charge in [0, 0.05) is 20.2 Å². The van der Waals surface area contributed by atoms with Gasteiger partial charge in [-0.1, -0.05) is 0 Å². The van der Waals surface area contributed by atoms with E-state index in [1.54, 1.807) is 17.2 Å². The average molecular weight is 142 g/mol. The number of hydrogen-bond donors (Lipinski definition) is 0. The minimum Gasteiger partial charge on any atom is -0.383 e. The predicted octanol–water partition coefficient (Wildman–Crippen LogP) is 0.852. The topological polar surface area (TPSA) is 46.4 Å². The van der Waals surface area contributed by atoms with Crippen LogP contribution in [0.3, 0.4) is 0 Å². The van der Waals surface area contributed by atoms with Gasteiger partial charge in [-0.15, -0.1) is 0 Å². The third-order valence-electron chi connectivity index (χ3n) is 0.703. The van der Waals surface area contributed by atoms with E-state index in [2.05, 4.69) is 0 Å². The van der Waals surface area contributed by atoms with Crippen molar-refractivity contribution in [1.82, 2.24) is 4.90 Å². The van der Waals surface area contributed by atoms with Gasteiger partial charge in [0.1, 0.15) is 0 Å². The van der Waals surface area contributed by atoms with Crippen LogP contribution in [0, 0.1) is 10.1 Å². The molecule has 0 bridgehead atoms. The van der Waals surface area contributed by atoms with Crippen LogP contribution < -0.4 is 0 Å². The zero-order valence-corrected chi connectivity index (χ0v) is 6.02. The van der Waals surface area contributed by atoms with Gasteiger partial charge in [-0.2, -0.15) is 0 Å². The van der Waals surface area contributed by atoms with Crippen molar-refractivity contribution >= 4 is 0 Å². The largest absolute Gasteiger partial charge is 0.383 e. The number of hydrogen-bond acceptors (Lipinski definition) is 3. The van der Waals surface area contributed by atoms with Crippen molar-refractivity contribution in [1.29, 1.82) is 0 Å². The molecule has 0 aliphatic heterocycles. The molecule has 0 N–H and O–H groups in total. The molecule has 0 aromatic carbocycles. The summed E-state index contributed by atoms with van der Waals surface area (Å²) >= 11 is 0. The fraction of sp³-hybridized carbons (Fsp3) is 0.333. The molecule has 0 atom stereocenters. The SMILES string of the molecule is CN(C)/C=C/C=C/[N+](=O)[O-]. The van der Waals surface area contributed by atoms with Gasteiger partial charge in [-0.05, 0) is 12.3 Å². The second-order valence-electron chi connectivity index (χ2n) is 1.93. The molecule has 0 spiro atoms. The van der Waals surface area contributed by atoms with E-state index < -0.39 is 4.92 Å². The highest BCUT2D eigenvalue weighted by molar-refractivity contribution is 4.97. The fourth-order valence-electron chi connectivity index (χ4n) is 0.342. The number of rotatable bonds is 3. The van der Waals surface area contributed by atoms with E-state index in [9.17, 15) is 10.1 Å². The molecule has 0 aliphatic rings. The molecule has 0 unspecified atom stereocenters. The van der Waals surface area contributed by atoms with E-state index in [0.29, 0.717) is 0 Å². The van der Waals surface area contributed by atoms with Crippen molar-refractivity contribution in [3.8, 4) is 0 Å². The van der Waals surface area contributed by atoms with E-state index in [1.807, 2.05) is 14.1 Å². The van der Waals surface area contributed by atoms with Crippen LogP contribution in [0.1, 0.15) is 0 Å². The van der Waals surface area contributed by atoms with Gasteiger partial charge in [0.2, 0.25) is 6.20 Å². The summed E-state index contributed by atoms with van der Waals surface area (Å²) in [6.07, 6.45) is 5.59. The number of nitrogens with zero attached hydrogens (tertiary/aromatic N) is 2. The summed E-state index contributed by atoms with van der Waals surface area (Å²) in [4.78, 5) is 11.0. The highest BCUT2D eigenvalue weighted by atomic mass is 16.6. The molecular weight excluding hydrogens is 132 g/mol. The maximum atomic E-state index is 9.72. The number of allylic oxidation sites excluding steroid dienone is 2. The second-order valence-corrected chi connectivity index (χ2v) is 1.93. The molecule has 0 amide bonds. The first-order valence-corrected chi connectivity index (χ1v) is 2.78. The van der Waals surface area contributed by atoms with Crippen LogP contribution in [0.5, 0.6) is 0 Å². The normalized spacial score (nSPS) is 11.0. The Kier molecular flexibility index (Phi) is 3.95. The molecule has 0 aliphatic carbocycles. The van der Waals surface area contributed by atoms with Crippen LogP contribution in [0.2, 0.25) is 0 Å². The minimum atomic E-state index is -0.500. The Morgan fingerprint density at radius 3 is 2.40 bits per heavy atom. The molecule has 0 saturated heterocycles. The first-order chi connectivity index (χ1) is 4.63. The maximum Gasteiger partial charge on any atom is 0.234 e. The van der Waals surface area contributed by atoms with Crippen molar-refractivity contribution in [3.05, 3.63) is 34.7 Å². The summed E-state index contributed by atoms with van der Waals surface area (Å²) in [7, 11) is 3.69. The van der Waals surface area contributed by atoms with Crippen LogP contribution in [-0.4, -0.2) is 23.9 Å². The van der Waals surface area contributed by atoms with Gasteiger partial charge >= 0.3 is 0 Å². The van der Waals surface area contributed by atoms with E-state index in [-0.39, 0.29) is 0 Å². The lowest BCUT2D eigenvalue weighted by atomic mass is 10.5. The van der Waals surface area contributed by atoms with Gasteiger partial charge < -0.3 is 4.90 Å². The van der Waals surface area contributed by atoms with Gasteiger partial charge in [0.15, 0.2) is 0 Å². The van der Waals surface area contributed by atoms with E-state index in [0.717, 1.165) is 6.20 Å². The molecule has 0 fully saturated rings. The quantitative estimate of drug-likeness (QED) is 0.333. The van der Waals surface area contributed by atoms with Crippen LogP contribution in [0.25, 0.3) is 0 Å². The standard InChI is InChI=1S/C6H10N2O2/c1-7(2)5-3-4-6-8(9)10/h3-6H,1-2H3/b5-3+,6-4+. The Labute approximate surface area is 59.6 Å². The molecule has 0 saturated carbocycles. The van der Waals surface area contributed by atoms with Crippen molar-refractivity contribution in [2.45, 2.75) is 0 Å².